The Morgan fingerprint density at radius 2 is 2.50 bits per heavy atom. The van der Waals surface area contributed by atoms with E-state index in [0.29, 0.717) is 12.6 Å². The van der Waals surface area contributed by atoms with Gasteiger partial charge in [0.15, 0.2) is 6.04 Å². The van der Waals surface area contributed by atoms with Crippen LogP contribution in [0.15, 0.2) is 5.38 Å². The predicted octanol–water partition coefficient (Wildman–Crippen LogP) is 1.81. The summed E-state index contributed by atoms with van der Waals surface area (Å²) < 4.78 is 5.06. The maximum atomic E-state index is 11.8. The normalized spacial score (nSPS) is 17.1. The van der Waals surface area contributed by atoms with Crippen LogP contribution in [0.4, 0.5) is 0 Å². The second-order valence-corrected chi connectivity index (χ2v) is 4.84. The maximum Gasteiger partial charge on any atom is 0.330 e. The van der Waals surface area contributed by atoms with Crippen LogP contribution in [0, 0.1) is 6.92 Å². The highest BCUT2D eigenvalue weighted by molar-refractivity contribution is 7.09. The number of hydrogen-bond donors (Lipinski definition) is 1. The zero-order valence-electron chi connectivity index (χ0n) is 9.53. The lowest BCUT2D eigenvalue weighted by molar-refractivity contribution is -0.145. The molecule has 5 heteroatoms. The van der Waals surface area contributed by atoms with Crippen LogP contribution in [0.3, 0.4) is 0 Å². The summed E-state index contributed by atoms with van der Waals surface area (Å²) >= 11 is 1.51. The molecule has 0 amide bonds. The summed E-state index contributed by atoms with van der Waals surface area (Å²) in [6.45, 7) is 4.16. The summed E-state index contributed by atoms with van der Waals surface area (Å²) in [5.74, 6) is -0.219. The summed E-state index contributed by atoms with van der Waals surface area (Å²) in [5.41, 5.74) is 0.951. The fraction of sp³-hybridized carbons (Fsp3) is 0.636. The van der Waals surface area contributed by atoms with Gasteiger partial charge in [0.25, 0.3) is 0 Å². The highest BCUT2D eigenvalue weighted by Crippen LogP contribution is 2.26. The molecule has 1 aliphatic carbocycles. The Morgan fingerprint density at radius 3 is 3.00 bits per heavy atom. The van der Waals surface area contributed by atoms with Crippen molar-refractivity contribution in [1.29, 1.82) is 0 Å². The van der Waals surface area contributed by atoms with Gasteiger partial charge in [-0.15, -0.1) is 11.3 Å². The molecule has 1 fully saturated rings. The SMILES string of the molecule is CCOC(=O)C(NC1CC1)c1nc(C)cs1. The van der Waals surface area contributed by atoms with Gasteiger partial charge in [-0.05, 0) is 26.7 Å². The lowest BCUT2D eigenvalue weighted by Crippen LogP contribution is -2.31. The van der Waals surface area contributed by atoms with Gasteiger partial charge in [-0.25, -0.2) is 9.78 Å². The smallest absolute Gasteiger partial charge is 0.330 e. The number of rotatable bonds is 5. The van der Waals surface area contributed by atoms with Gasteiger partial charge in [0.2, 0.25) is 0 Å². The minimum atomic E-state index is -0.383. The Kier molecular flexibility index (Phi) is 3.56. The minimum absolute atomic E-state index is 0.219. The number of carbonyl (C=O) groups is 1. The minimum Gasteiger partial charge on any atom is -0.465 e. The first kappa shape index (κ1) is 11.5. The largest absolute Gasteiger partial charge is 0.465 e. The van der Waals surface area contributed by atoms with E-state index in [1.54, 1.807) is 0 Å². The maximum absolute atomic E-state index is 11.8. The number of esters is 1. The second-order valence-electron chi connectivity index (χ2n) is 3.95. The van der Waals surface area contributed by atoms with Crippen molar-refractivity contribution in [2.45, 2.75) is 38.8 Å². The number of hydrogen-bond acceptors (Lipinski definition) is 5. The highest BCUT2D eigenvalue weighted by Gasteiger charge is 2.31. The van der Waals surface area contributed by atoms with E-state index in [-0.39, 0.29) is 12.0 Å². The molecule has 88 valence electrons. The summed E-state index contributed by atoms with van der Waals surface area (Å²) in [4.78, 5) is 16.1. The average Bonchev–Trinajstić information content (AvgIpc) is 2.97. The van der Waals surface area contributed by atoms with Gasteiger partial charge >= 0.3 is 5.97 Å². The van der Waals surface area contributed by atoms with Crippen molar-refractivity contribution in [2.24, 2.45) is 0 Å². The number of aryl methyl sites for hydroxylation is 1. The molecule has 2 rings (SSSR count). The van der Waals surface area contributed by atoms with Gasteiger partial charge in [0, 0.05) is 17.1 Å². The fourth-order valence-corrected chi connectivity index (χ4v) is 2.30. The number of ether oxygens (including phenoxy) is 1. The van der Waals surface area contributed by atoms with Crippen LogP contribution < -0.4 is 5.32 Å². The lowest BCUT2D eigenvalue weighted by atomic mass is 10.3. The number of nitrogens with zero attached hydrogens (tertiary/aromatic N) is 1. The first-order chi connectivity index (χ1) is 7.70. The number of aromatic nitrogens is 1. The van der Waals surface area contributed by atoms with Crippen molar-refractivity contribution in [3.05, 3.63) is 16.1 Å². The zero-order chi connectivity index (χ0) is 11.5. The van der Waals surface area contributed by atoms with E-state index in [1.165, 1.54) is 11.3 Å². The van der Waals surface area contributed by atoms with Crippen molar-refractivity contribution in [2.75, 3.05) is 6.61 Å². The van der Waals surface area contributed by atoms with E-state index in [1.807, 2.05) is 19.2 Å². The van der Waals surface area contributed by atoms with Crippen LogP contribution in [-0.4, -0.2) is 23.6 Å². The molecule has 1 aromatic rings. The third kappa shape index (κ3) is 2.80. The molecule has 16 heavy (non-hydrogen) atoms. The summed E-state index contributed by atoms with van der Waals surface area (Å²) in [7, 11) is 0. The Hall–Kier alpha value is -0.940. The summed E-state index contributed by atoms with van der Waals surface area (Å²) in [5, 5.41) is 6.04. The van der Waals surface area contributed by atoms with Gasteiger partial charge in [0.05, 0.1) is 6.61 Å². The van der Waals surface area contributed by atoms with Crippen LogP contribution in [-0.2, 0) is 9.53 Å². The Bertz CT molecular complexity index is 374. The van der Waals surface area contributed by atoms with Crippen LogP contribution in [0.5, 0.6) is 0 Å². The van der Waals surface area contributed by atoms with E-state index in [2.05, 4.69) is 10.3 Å². The Morgan fingerprint density at radius 1 is 1.75 bits per heavy atom. The quantitative estimate of drug-likeness (QED) is 0.797. The van der Waals surface area contributed by atoms with Gasteiger partial charge in [-0.2, -0.15) is 0 Å². The molecule has 1 saturated carbocycles. The third-order valence-electron chi connectivity index (χ3n) is 2.39. The van der Waals surface area contributed by atoms with Crippen molar-refractivity contribution < 1.29 is 9.53 Å². The molecule has 0 spiro atoms. The third-order valence-corrected chi connectivity index (χ3v) is 3.41. The van der Waals surface area contributed by atoms with E-state index < -0.39 is 0 Å². The second kappa shape index (κ2) is 4.93. The number of carbonyl (C=O) groups excluding carboxylic acids is 1. The molecule has 1 atom stereocenters. The predicted molar refractivity (Wildman–Crippen MR) is 62.4 cm³/mol. The molecule has 1 heterocycles. The van der Waals surface area contributed by atoms with E-state index in [0.717, 1.165) is 23.5 Å². The monoisotopic (exact) mass is 240 g/mol. The van der Waals surface area contributed by atoms with Crippen molar-refractivity contribution in [3.8, 4) is 0 Å². The topological polar surface area (TPSA) is 51.2 Å². The van der Waals surface area contributed by atoms with Crippen LogP contribution >= 0.6 is 11.3 Å². The van der Waals surface area contributed by atoms with Crippen molar-refractivity contribution >= 4 is 17.3 Å². The summed E-state index contributed by atoms with van der Waals surface area (Å²) in [6, 6.07) is 0.0739. The molecule has 4 nitrogen and oxygen atoms in total. The number of thiazole rings is 1. The molecular weight excluding hydrogens is 224 g/mol. The van der Waals surface area contributed by atoms with Crippen LogP contribution in [0.25, 0.3) is 0 Å². The highest BCUT2D eigenvalue weighted by atomic mass is 32.1. The van der Waals surface area contributed by atoms with Crippen LogP contribution in [0.2, 0.25) is 0 Å². The average molecular weight is 240 g/mol. The van der Waals surface area contributed by atoms with E-state index >= 15 is 0 Å². The van der Waals surface area contributed by atoms with E-state index in [4.69, 9.17) is 4.74 Å². The molecule has 0 aromatic carbocycles. The molecule has 1 unspecified atom stereocenters. The fourth-order valence-electron chi connectivity index (χ4n) is 1.46. The van der Waals surface area contributed by atoms with Crippen molar-refractivity contribution in [3.63, 3.8) is 0 Å². The van der Waals surface area contributed by atoms with Crippen molar-refractivity contribution in [1.82, 2.24) is 10.3 Å². The zero-order valence-corrected chi connectivity index (χ0v) is 10.3. The number of nitrogens with one attached hydrogen (secondary N) is 1. The summed E-state index contributed by atoms with van der Waals surface area (Å²) in [6.07, 6.45) is 2.28. The molecule has 0 saturated heterocycles. The van der Waals surface area contributed by atoms with Gasteiger partial charge in [-0.3, -0.25) is 5.32 Å². The standard InChI is InChI=1S/C11H16N2O2S/c1-3-15-11(14)9(13-8-4-5-8)10-12-7(2)6-16-10/h6,8-9,13H,3-5H2,1-2H3. The molecule has 1 aliphatic rings. The lowest BCUT2D eigenvalue weighted by Gasteiger charge is -2.14. The van der Waals surface area contributed by atoms with Gasteiger partial charge in [-0.1, -0.05) is 0 Å². The van der Waals surface area contributed by atoms with Gasteiger partial charge < -0.3 is 4.74 Å². The first-order valence-corrected chi connectivity index (χ1v) is 6.43. The Balaban J connectivity index is 2.09. The molecule has 0 radical (unpaired) electrons. The molecule has 1 aromatic heterocycles. The van der Waals surface area contributed by atoms with Crippen LogP contribution in [0.1, 0.15) is 36.5 Å². The Labute approximate surface area is 99.0 Å². The molecular formula is C11H16N2O2S. The van der Waals surface area contributed by atoms with E-state index in [9.17, 15) is 4.79 Å². The molecule has 1 N–H and O–H groups in total. The first-order valence-electron chi connectivity index (χ1n) is 5.55. The van der Waals surface area contributed by atoms with Gasteiger partial charge in [0.1, 0.15) is 5.01 Å². The molecule has 0 bridgehead atoms. The molecule has 0 aliphatic heterocycles.